The van der Waals surface area contributed by atoms with Gasteiger partial charge >= 0.3 is 30.2 Å². The van der Waals surface area contributed by atoms with Crippen LogP contribution in [0, 0.1) is 27.0 Å². The Balaban J connectivity index is 0.000000186. The summed E-state index contributed by atoms with van der Waals surface area (Å²) in [4.78, 5) is 0. The molecule has 2 heteroatoms. The van der Waals surface area contributed by atoms with Crippen LogP contribution >= 0.6 is 0 Å². The smallest absolute Gasteiger partial charge is 0.0253 e. The molecule has 30 heavy (non-hydrogen) atoms. The molecule has 0 aliphatic heterocycles. The van der Waals surface area contributed by atoms with Gasteiger partial charge in [0, 0.05) is 0 Å². The van der Waals surface area contributed by atoms with Crippen LogP contribution in [0.15, 0.2) is 84.9 Å². The molecule has 0 fully saturated rings. The van der Waals surface area contributed by atoms with Gasteiger partial charge in [0.2, 0.25) is 0 Å². The van der Waals surface area contributed by atoms with Gasteiger partial charge in [0.15, 0.2) is 0 Å². The van der Waals surface area contributed by atoms with E-state index >= 15 is 0 Å². The van der Waals surface area contributed by atoms with E-state index in [1.807, 2.05) is 19.0 Å². The maximum atomic E-state index is 3.30. The Bertz CT molecular complexity index is 941. The molecule has 2 aliphatic carbocycles. The van der Waals surface area contributed by atoms with E-state index in [1.165, 1.54) is 44.5 Å². The van der Waals surface area contributed by atoms with Crippen LogP contribution in [0.4, 0.5) is 0 Å². The van der Waals surface area contributed by atoms with Gasteiger partial charge in [-0.2, -0.15) is 59.7 Å². The minimum atomic E-state index is 0. The van der Waals surface area contributed by atoms with E-state index in [0.717, 1.165) is 12.8 Å². The van der Waals surface area contributed by atoms with Gasteiger partial charge in [0.25, 0.3) is 0 Å². The van der Waals surface area contributed by atoms with Gasteiger partial charge in [-0.1, -0.05) is 70.8 Å². The van der Waals surface area contributed by atoms with Gasteiger partial charge in [0.1, 0.15) is 0 Å². The van der Waals surface area contributed by atoms with Crippen LogP contribution in [-0.4, -0.2) is 6.88 Å². The van der Waals surface area contributed by atoms with Crippen LogP contribution in [0.3, 0.4) is 0 Å². The van der Waals surface area contributed by atoms with Crippen molar-refractivity contribution in [3.8, 4) is 22.3 Å². The zero-order chi connectivity index (χ0) is 19.3. The molecule has 0 atom stereocenters. The van der Waals surface area contributed by atoms with Crippen molar-refractivity contribution in [1.29, 1.82) is 0 Å². The van der Waals surface area contributed by atoms with Crippen LogP contribution < -0.4 is 0 Å². The van der Waals surface area contributed by atoms with E-state index in [-0.39, 0.29) is 14.9 Å². The number of hydrogen-bond acceptors (Lipinski definition) is 0. The number of benzene rings is 4. The Hall–Kier alpha value is -2.02. The Morgan fingerprint density at radius 2 is 0.900 bits per heavy atom. The molecule has 0 amide bonds. The fraction of sp³-hybridized carbons (Fsp3) is 0.0714. The summed E-state index contributed by atoms with van der Waals surface area (Å²) in [5, 5.41) is 0. The van der Waals surface area contributed by atoms with Crippen molar-refractivity contribution in [2.24, 2.45) is 0 Å². The maximum absolute atomic E-state index is 3.30. The summed E-state index contributed by atoms with van der Waals surface area (Å²) in [6.07, 6.45) is 2.10. The summed E-state index contributed by atoms with van der Waals surface area (Å²) < 4.78 is 0. The molecule has 0 unspecified atom stereocenters. The van der Waals surface area contributed by atoms with Gasteiger partial charge in [0.05, 0.1) is 0 Å². The van der Waals surface area contributed by atoms with E-state index in [2.05, 4.69) is 84.9 Å². The molecule has 0 N–H and O–H groups in total. The third-order valence-electron chi connectivity index (χ3n) is 5.23. The van der Waals surface area contributed by atoms with Crippen LogP contribution in [0.25, 0.3) is 22.3 Å². The van der Waals surface area contributed by atoms with E-state index in [1.54, 1.807) is 23.3 Å². The predicted octanol–water partition coefficient (Wildman–Crippen LogP) is 6.10. The first kappa shape index (κ1) is 24.3. The second-order valence-electron chi connectivity index (χ2n) is 6.79. The van der Waals surface area contributed by atoms with Crippen LogP contribution in [0.1, 0.15) is 22.3 Å². The zero-order valence-corrected chi connectivity index (χ0v) is 21.6. The fourth-order valence-corrected chi connectivity index (χ4v) is 4.00. The number of rotatable bonds is 0. The topological polar surface area (TPSA) is 0 Å². The monoisotopic (exact) mass is 480 g/mol. The van der Waals surface area contributed by atoms with E-state index in [9.17, 15) is 0 Å². The molecular formula is C28H26SiZr-4. The second-order valence-corrected chi connectivity index (χ2v) is 6.79. The molecule has 150 valence electrons. The molecule has 0 heterocycles. The molecule has 0 aromatic heterocycles. The molecule has 0 saturated carbocycles. The van der Waals surface area contributed by atoms with Gasteiger partial charge < -0.3 is 14.9 Å². The van der Waals surface area contributed by atoms with Gasteiger partial charge in [-0.15, -0.1) is 11.1 Å². The minimum Gasteiger partial charge on any atom is -0.179 e. The van der Waals surface area contributed by atoms with E-state index in [0.29, 0.717) is 0 Å². The summed E-state index contributed by atoms with van der Waals surface area (Å²) in [6.45, 7) is 1.95. The summed E-state index contributed by atoms with van der Waals surface area (Å²) in [5.41, 5.74) is 11.0. The molecule has 0 saturated heterocycles. The average molecular weight is 482 g/mol. The van der Waals surface area contributed by atoms with Crippen molar-refractivity contribution in [2.75, 3.05) is 0 Å². The fourth-order valence-electron chi connectivity index (χ4n) is 4.00. The summed E-state index contributed by atoms with van der Waals surface area (Å²) in [6, 6.07) is 36.2. The molecule has 4 aromatic carbocycles. The molecule has 6 rings (SSSR count). The molecule has 0 bridgehead atoms. The van der Waals surface area contributed by atoms with Crippen molar-refractivity contribution < 1.29 is 23.3 Å². The molecule has 0 nitrogen and oxygen atoms in total. The Labute approximate surface area is 198 Å². The molecule has 2 aliphatic rings. The Kier molecular flexibility index (Phi) is 9.21. The zero-order valence-electron chi connectivity index (χ0n) is 17.7. The van der Waals surface area contributed by atoms with Crippen molar-refractivity contribution in [3.05, 3.63) is 134 Å². The van der Waals surface area contributed by atoms with Crippen LogP contribution in [0.5, 0.6) is 0 Å². The largest absolute Gasteiger partial charge is 0.179 e. The molecular weight excluding hydrogens is 456 g/mol. The third-order valence-corrected chi connectivity index (χ3v) is 5.23. The summed E-state index contributed by atoms with van der Waals surface area (Å²) in [5.74, 6) is 0. The minimum absolute atomic E-state index is 0. The summed E-state index contributed by atoms with van der Waals surface area (Å²) in [7, 11) is 0. The third kappa shape index (κ3) is 4.82. The van der Waals surface area contributed by atoms with Crippen LogP contribution in [-0.2, 0) is 36.2 Å². The number of fused-ring (bicyclic) bond motifs is 6. The summed E-state index contributed by atoms with van der Waals surface area (Å²) >= 11 is 1.58. The molecule has 4 aromatic rings. The second kappa shape index (κ2) is 11.4. The normalized spacial score (nSPS) is 10.8. The predicted molar refractivity (Wildman–Crippen MR) is 128 cm³/mol. The van der Waals surface area contributed by atoms with Crippen LogP contribution in [0.2, 0.25) is 0 Å². The quantitative estimate of drug-likeness (QED) is 0.182. The first-order valence-electron chi connectivity index (χ1n) is 9.41. The average Bonchev–Trinajstić information content (AvgIpc) is 3.34. The molecule has 0 radical (unpaired) electrons. The maximum Gasteiger partial charge on any atom is -0.0253 e. The van der Waals surface area contributed by atoms with Crippen molar-refractivity contribution >= 4 is 6.88 Å². The number of hydrogen-bond donors (Lipinski definition) is 0. The van der Waals surface area contributed by atoms with E-state index < -0.39 is 0 Å². The first-order chi connectivity index (χ1) is 13.9. The van der Waals surface area contributed by atoms with Crippen molar-refractivity contribution in [2.45, 2.75) is 12.8 Å². The SMILES string of the molecule is [CH3-].[CH3-].[SiH2]=[Zr].[c-]1cccc2c1Cc1ccccc1-2.[c-]1cccc2c1Cc1ccccc1-2. The molecule has 0 spiro atoms. The first-order valence-corrected chi connectivity index (χ1v) is 15.3. The van der Waals surface area contributed by atoms with Crippen molar-refractivity contribution in [3.63, 3.8) is 0 Å². The standard InChI is InChI=1S/2C13H9.2CH3.H2Si.Zr/c2*1-3-7-12-10(5-1)9-11-6-2-4-8-13(11)12;;;;/h2*1-5,7-8H,9H2;2*1H3;1H2;/q4*-1;;. The van der Waals surface area contributed by atoms with Gasteiger partial charge in [-0.05, 0) is 12.8 Å². The van der Waals surface area contributed by atoms with E-state index in [4.69, 9.17) is 0 Å². The Morgan fingerprint density at radius 3 is 1.33 bits per heavy atom. The van der Waals surface area contributed by atoms with Gasteiger partial charge in [-0.25, -0.2) is 0 Å². The Morgan fingerprint density at radius 1 is 0.533 bits per heavy atom. The van der Waals surface area contributed by atoms with Crippen molar-refractivity contribution in [1.82, 2.24) is 0 Å². The van der Waals surface area contributed by atoms with Gasteiger partial charge in [-0.3, -0.25) is 0 Å².